The minimum absolute atomic E-state index is 0.164. The van der Waals surface area contributed by atoms with Gasteiger partial charge in [-0.05, 0) is 24.6 Å². The van der Waals surface area contributed by atoms with Crippen LogP contribution in [0.3, 0.4) is 0 Å². The lowest BCUT2D eigenvalue weighted by molar-refractivity contribution is -0.120. The van der Waals surface area contributed by atoms with Crippen molar-refractivity contribution in [1.82, 2.24) is 15.5 Å². The second-order valence-corrected chi connectivity index (χ2v) is 6.21. The smallest absolute Gasteiger partial charge is 0.314 e. The third kappa shape index (κ3) is 4.16. The van der Waals surface area contributed by atoms with Crippen LogP contribution in [0.15, 0.2) is 12.1 Å². The van der Waals surface area contributed by atoms with Crippen LogP contribution >= 0.6 is 0 Å². The zero-order valence-corrected chi connectivity index (χ0v) is 14.2. The lowest BCUT2D eigenvalue weighted by Gasteiger charge is -2.28. The molecule has 2 heterocycles. The van der Waals surface area contributed by atoms with E-state index < -0.39 is 11.8 Å². The van der Waals surface area contributed by atoms with Crippen molar-refractivity contribution < 1.29 is 14.0 Å². The molecular weight excluding hydrogens is 323 g/mol. The number of carbonyl (C=O) groups excluding carboxylic acids is 2. The summed E-state index contributed by atoms with van der Waals surface area (Å²) in [6, 6.07) is 2.53. The molecule has 6 nitrogen and oxygen atoms in total. The third-order valence-electron chi connectivity index (χ3n) is 4.32. The average molecular weight is 344 g/mol. The van der Waals surface area contributed by atoms with Crippen molar-refractivity contribution in [2.24, 2.45) is 0 Å². The summed E-state index contributed by atoms with van der Waals surface area (Å²) < 4.78 is 14.6. The van der Waals surface area contributed by atoms with Gasteiger partial charge in [0.2, 0.25) is 5.91 Å². The molecule has 132 valence electrons. The van der Waals surface area contributed by atoms with E-state index in [0.717, 1.165) is 26.2 Å². The van der Waals surface area contributed by atoms with Gasteiger partial charge in [-0.25, -0.2) is 9.18 Å². The SMILES string of the molecule is Cc1cc(C#CCN2CCNCC2)cc(F)c1N1CCC(=O)NC1=O. The summed E-state index contributed by atoms with van der Waals surface area (Å²) in [5.74, 6) is 5.24. The third-order valence-corrected chi connectivity index (χ3v) is 4.32. The summed E-state index contributed by atoms with van der Waals surface area (Å²) in [6.07, 6.45) is 0.164. The van der Waals surface area contributed by atoms with E-state index in [-0.39, 0.29) is 24.6 Å². The van der Waals surface area contributed by atoms with E-state index in [1.807, 2.05) is 0 Å². The number of piperazine rings is 1. The van der Waals surface area contributed by atoms with Gasteiger partial charge >= 0.3 is 6.03 Å². The van der Waals surface area contributed by atoms with Crippen molar-refractivity contribution in [2.75, 3.05) is 44.2 Å². The molecule has 2 saturated heterocycles. The van der Waals surface area contributed by atoms with E-state index in [2.05, 4.69) is 27.4 Å². The molecule has 3 rings (SSSR count). The van der Waals surface area contributed by atoms with Crippen molar-refractivity contribution in [3.8, 4) is 11.8 Å². The summed E-state index contributed by atoms with van der Waals surface area (Å²) in [7, 11) is 0. The van der Waals surface area contributed by atoms with Gasteiger partial charge in [0.1, 0.15) is 5.82 Å². The number of rotatable bonds is 2. The van der Waals surface area contributed by atoms with E-state index in [4.69, 9.17) is 0 Å². The number of urea groups is 1. The number of aryl methyl sites for hydroxylation is 1. The molecule has 1 aromatic carbocycles. The molecule has 7 heteroatoms. The van der Waals surface area contributed by atoms with Crippen molar-refractivity contribution in [3.63, 3.8) is 0 Å². The van der Waals surface area contributed by atoms with E-state index in [1.165, 1.54) is 11.0 Å². The van der Waals surface area contributed by atoms with Gasteiger partial charge in [0.25, 0.3) is 0 Å². The summed E-state index contributed by atoms with van der Waals surface area (Å²) in [5, 5.41) is 5.49. The highest BCUT2D eigenvalue weighted by molar-refractivity contribution is 6.06. The molecule has 0 atom stereocenters. The topological polar surface area (TPSA) is 64.7 Å². The van der Waals surface area contributed by atoms with Crippen LogP contribution in [0.2, 0.25) is 0 Å². The number of carbonyl (C=O) groups is 2. The fourth-order valence-corrected chi connectivity index (χ4v) is 3.05. The number of hydrogen-bond acceptors (Lipinski definition) is 4. The fraction of sp³-hybridized carbons (Fsp3) is 0.444. The Morgan fingerprint density at radius 2 is 1.96 bits per heavy atom. The molecule has 0 aliphatic carbocycles. The largest absolute Gasteiger partial charge is 0.328 e. The van der Waals surface area contributed by atoms with E-state index in [0.29, 0.717) is 17.7 Å². The Bertz CT molecular complexity index is 724. The number of nitrogens with zero attached hydrogens (tertiary/aromatic N) is 2. The van der Waals surface area contributed by atoms with Crippen LogP contribution in [0.4, 0.5) is 14.9 Å². The zero-order valence-electron chi connectivity index (χ0n) is 14.2. The maximum atomic E-state index is 14.6. The van der Waals surface area contributed by atoms with Gasteiger partial charge in [0.15, 0.2) is 0 Å². The number of hydrogen-bond donors (Lipinski definition) is 2. The van der Waals surface area contributed by atoms with Crippen LogP contribution in [0.1, 0.15) is 17.5 Å². The molecule has 1 aromatic rings. The predicted octanol–water partition coefficient (Wildman–Crippen LogP) is 0.837. The predicted molar refractivity (Wildman–Crippen MR) is 92.8 cm³/mol. The Morgan fingerprint density at radius 3 is 2.64 bits per heavy atom. The monoisotopic (exact) mass is 344 g/mol. The molecule has 2 N–H and O–H groups in total. The van der Waals surface area contributed by atoms with E-state index in [9.17, 15) is 14.0 Å². The summed E-state index contributed by atoms with van der Waals surface area (Å²) >= 11 is 0. The van der Waals surface area contributed by atoms with Gasteiger partial charge in [-0.3, -0.25) is 19.9 Å². The maximum absolute atomic E-state index is 14.6. The number of anilines is 1. The van der Waals surface area contributed by atoms with Crippen molar-refractivity contribution in [2.45, 2.75) is 13.3 Å². The normalized spacial score (nSPS) is 18.6. The fourth-order valence-electron chi connectivity index (χ4n) is 3.05. The van der Waals surface area contributed by atoms with Gasteiger partial charge in [-0.2, -0.15) is 0 Å². The molecule has 0 saturated carbocycles. The summed E-state index contributed by atoms with van der Waals surface area (Å²) in [6.45, 7) is 6.42. The van der Waals surface area contributed by atoms with Crippen LogP contribution in [0, 0.1) is 24.6 Å². The molecule has 0 spiro atoms. The lowest BCUT2D eigenvalue weighted by Crippen LogP contribution is -2.50. The minimum atomic E-state index is -0.587. The van der Waals surface area contributed by atoms with Gasteiger partial charge in [0, 0.05) is 44.7 Å². The highest BCUT2D eigenvalue weighted by Gasteiger charge is 2.27. The molecule has 25 heavy (non-hydrogen) atoms. The van der Waals surface area contributed by atoms with Gasteiger partial charge < -0.3 is 5.32 Å². The number of nitrogens with one attached hydrogen (secondary N) is 2. The van der Waals surface area contributed by atoms with Crippen LogP contribution < -0.4 is 15.5 Å². The number of halogens is 1. The molecule has 3 amide bonds. The second-order valence-electron chi connectivity index (χ2n) is 6.21. The summed E-state index contributed by atoms with van der Waals surface area (Å²) in [5.41, 5.74) is 1.41. The quantitative estimate of drug-likeness (QED) is 0.781. The summed E-state index contributed by atoms with van der Waals surface area (Å²) in [4.78, 5) is 26.7. The van der Waals surface area contributed by atoms with Gasteiger partial charge in [-0.15, -0.1) is 0 Å². The average Bonchev–Trinajstić information content (AvgIpc) is 2.57. The van der Waals surface area contributed by atoms with E-state index in [1.54, 1.807) is 13.0 Å². The Labute approximate surface area is 146 Å². The van der Waals surface area contributed by atoms with Gasteiger partial charge in [-0.1, -0.05) is 11.8 Å². The van der Waals surface area contributed by atoms with Crippen molar-refractivity contribution in [3.05, 3.63) is 29.1 Å². The van der Waals surface area contributed by atoms with E-state index >= 15 is 0 Å². The van der Waals surface area contributed by atoms with Crippen LogP contribution in [0.25, 0.3) is 0 Å². The molecule has 2 aliphatic rings. The highest BCUT2D eigenvalue weighted by Crippen LogP contribution is 2.27. The van der Waals surface area contributed by atoms with Crippen LogP contribution in [0.5, 0.6) is 0 Å². The number of amides is 3. The molecule has 0 unspecified atom stereocenters. The molecule has 0 bridgehead atoms. The molecular formula is C18H21FN4O2. The number of benzene rings is 1. The van der Waals surface area contributed by atoms with Crippen LogP contribution in [-0.4, -0.2) is 56.1 Å². The molecule has 0 radical (unpaired) electrons. The van der Waals surface area contributed by atoms with Gasteiger partial charge in [0.05, 0.1) is 12.2 Å². The standard InChI is InChI=1S/C18H21FN4O2/c1-13-11-14(3-2-7-22-9-5-20-6-10-22)12-15(19)17(13)23-8-4-16(24)21-18(23)25/h11-12,20H,4-10H2,1H3,(H,21,24,25). The number of imide groups is 1. The lowest BCUT2D eigenvalue weighted by atomic mass is 10.1. The molecule has 2 aliphatic heterocycles. The Morgan fingerprint density at radius 1 is 1.20 bits per heavy atom. The van der Waals surface area contributed by atoms with Crippen molar-refractivity contribution in [1.29, 1.82) is 0 Å². The van der Waals surface area contributed by atoms with Crippen LogP contribution in [-0.2, 0) is 4.79 Å². The Hall–Kier alpha value is -2.43. The molecule has 2 fully saturated rings. The second kappa shape index (κ2) is 7.64. The minimum Gasteiger partial charge on any atom is -0.314 e. The first-order valence-electron chi connectivity index (χ1n) is 8.38. The zero-order chi connectivity index (χ0) is 17.8. The Kier molecular flexibility index (Phi) is 5.31. The maximum Gasteiger partial charge on any atom is 0.328 e. The Balaban J connectivity index is 1.74. The first kappa shape index (κ1) is 17.4. The molecule has 0 aromatic heterocycles. The van der Waals surface area contributed by atoms with Crippen molar-refractivity contribution >= 4 is 17.6 Å². The highest BCUT2D eigenvalue weighted by atomic mass is 19.1. The first-order chi connectivity index (χ1) is 12.0. The first-order valence-corrected chi connectivity index (χ1v) is 8.38.